The van der Waals surface area contributed by atoms with Crippen LogP contribution < -0.4 is 10.2 Å². The van der Waals surface area contributed by atoms with E-state index in [9.17, 15) is 4.39 Å². The number of nitrogens with one attached hydrogen (secondary N) is 1. The van der Waals surface area contributed by atoms with Crippen LogP contribution in [0.3, 0.4) is 0 Å². The Morgan fingerprint density at radius 3 is 3.00 bits per heavy atom. The highest BCUT2D eigenvalue weighted by atomic mass is 19.1. The van der Waals surface area contributed by atoms with Gasteiger partial charge in [-0.15, -0.1) is 0 Å². The van der Waals surface area contributed by atoms with Gasteiger partial charge in [0.1, 0.15) is 5.82 Å². The molecule has 3 nitrogen and oxygen atoms in total. The third-order valence-corrected chi connectivity index (χ3v) is 4.20. The van der Waals surface area contributed by atoms with Gasteiger partial charge in [0.25, 0.3) is 0 Å². The fourth-order valence-electron chi connectivity index (χ4n) is 3.01. The fourth-order valence-corrected chi connectivity index (χ4v) is 3.01. The van der Waals surface area contributed by atoms with Gasteiger partial charge in [-0.25, -0.2) is 4.39 Å². The van der Waals surface area contributed by atoms with Gasteiger partial charge in [-0.2, -0.15) is 0 Å². The van der Waals surface area contributed by atoms with Crippen molar-refractivity contribution in [3.8, 4) is 0 Å². The summed E-state index contributed by atoms with van der Waals surface area (Å²) < 4.78 is 18.6. The average molecular weight is 294 g/mol. The largest absolute Gasteiger partial charge is 0.383 e. The molecule has 1 aliphatic rings. The maximum absolute atomic E-state index is 13.6. The van der Waals surface area contributed by atoms with Crippen molar-refractivity contribution in [2.24, 2.45) is 0 Å². The lowest BCUT2D eigenvalue weighted by molar-refractivity contribution is 0.199. The molecule has 1 N–H and O–H groups in total. The highest BCUT2D eigenvalue weighted by Gasteiger charge is 2.19. The SMILES string of the molecule is COCCNCc1cc(F)ccc1N1CCCCCC1C. The minimum absolute atomic E-state index is 0.162. The lowest BCUT2D eigenvalue weighted by Crippen LogP contribution is -2.34. The van der Waals surface area contributed by atoms with E-state index in [0.717, 1.165) is 18.7 Å². The Balaban J connectivity index is 2.12. The van der Waals surface area contributed by atoms with Crippen LogP contribution in [0.2, 0.25) is 0 Å². The molecule has 1 aromatic rings. The summed E-state index contributed by atoms with van der Waals surface area (Å²) in [6.45, 7) is 5.47. The third-order valence-electron chi connectivity index (χ3n) is 4.20. The van der Waals surface area contributed by atoms with Gasteiger partial charge in [-0.3, -0.25) is 0 Å². The van der Waals surface area contributed by atoms with E-state index in [1.165, 1.54) is 31.4 Å². The quantitative estimate of drug-likeness (QED) is 0.815. The molecule has 1 saturated heterocycles. The number of benzene rings is 1. The molecule has 1 heterocycles. The molecule has 0 aliphatic carbocycles. The van der Waals surface area contributed by atoms with E-state index in [1.807, 2.05) is 6.07 Å². The van der Waals surface area contributed by atoms with Gasteiger partial charge in [-0.1, -0.05) is 12.8 Å². The predicted octanol–water partition coefficient (Wildman–Crippen LogP) is 3.33. The maximum Gasteiger partial charge on any atom is 0.123 e. The van der Waals surface area contributed by atoms with Crippen molar-refractivity contribution in [3.05, 3.63) is 29.6 Å². The fraction of sp³-hybridized carbons (Fsp3) is 0.647. The first kappa shape index (κ1) is 16.2. The zero-order valence-electron chi connectivity index (χ0n) is 13.2. The van der Waals surface area contributed by atoms with Crippen LogP contribution >= 0.6 is 0 Å². The second-order valence-corrected chi connectivity index (χ2v) is 5.83. The van der Waals surface area contributed by atoms with E-state index in [2.05, 4.69) is 17.1 Å². The van der Waals surface area contributed by atoms with Crippen LogP contribution in [0.5, 0.6) is 0 Å². The molecule has 118 valence electrons. The zero-order chi connectivity index (χ0) is 15.1. The van der Waals surface area contributed by atoms with Gasteiger partial charge in [0.05, 0.1) is 6.61 Å². The Morgan fingerprint density at radius 1 is 1.33 bits per heavy atom. The molecule has 1 unspecified atom stereocenters. The minimum atomic E-state index is -0.162. The number of methoxy groups -OCH3 is 1. The molecule has 2 rings (SSSR count). The van der Waals surface area contributed by atoms with Crippen molar-refractivity contribution in [2.45, 2.75) is 45.2 Å². The van der Waals surface area contributed by atoms with E-state index in [1.54, 1.807) is 19.2 Å². The predicted molar refractivity (Wildman–Crippen MR) is 85.3 cm³/mol. The molecular formula is C17H27FN2O. The van der Waals surface area contributed by atoms with Gasteiger partial charge in [0.2, 0.25) is 0 Å². The van der Waals surface area contributed by atoms with Crippen LogP contribution in [0.15, 0.2) is 18.2 Å². The summed E-state index contributed by atoms with van der Waals surface area (Å²) in [5.74, 6) is -0.162. The molecule has 4 heteroatoms. The van der Waals surface area contributed by atoms with Gasteiger partial charge < -0.3 is 15.0 Å². The molecule has 21 heavy (non-hydrogen) atoms. The van der Waals surface area contributed by atoms with Crippen LogP contribution in [0.1, 0.15) is 38.2 Å². The summed E-state index contributed by atoms with van der Waals surface area (Å²) >= 11 is 0. The van der Waals surface area contributed by atoms with Crippen molar-refractivity contribution in [2.75, 3.05) is 31.7 Å². The van der Waals surface area contributed by atoms with Crippen molar-refractivity contribution >= 4 is 5.69 Å². The van der Waals surface area contributed by atoms with Crippen LogP contribution in [0.25, 0.3) is 0 Å². The normalized spacial score (nSPS) is 19.6. The average Bonchev–Trinajstić information content (AvgIpc) is 2.69. The summed E-state index contributed by atoms with van der Waals surface area (Å²) in [7, 11) is 1.69. The van der Waals surface area contributed by atoms with E-state index >= 15 is 0 Å². The Morgan fingerprint density at radius 2 is 2.19 bits per heavy atom. The summed E-state index contributed by atoms with van der Waals surface area (Å²) in [5.41, 5.74) is 2.22. The maximum atomic E-state index is 13.6. The Labute approximate surface area is 127 Å². The molecule has 0 amide bonds. The molecule has 1 aromatic carbocycles. The molecular weight excluding hydrogens is 267 g/mol. The summed E-state index contributed by atoms with van der Waals surface area (Å²) in [6.07, 6.45) is 5.02. The molecule has 0 saturated carbocycles. The topological polar surface area (TPSA) is 24.5 Å². The van der Waals surface area contributed by atoms with Crippen LogP contribution in [-0.2, 0) is 11.3 Å². The van der Waals surface area contributed by atoms with Crippen LogP contribution in [0, 0.1) is 5.82 Å². The Kier molecular flexibility index (Phi) is 6.46. The number of anilines is 1. The first-order valence-corrected chi connectivity index (χ1v) is 7.97. The summed E-state index contributed by atoms with van der Waals surface area (Å²) in [4.78, 5) is 2.44. The zero-order valence-corrected chi connectivity index (χ0v) is 13.2. The molecule has 0 bridgehead atoms. The highest BCUT2D eigenvalue weighted by molar-refractivity contribution is 5.54. The van der Waals surface area contributed by atoms with E-state index in [0.29, 0.717) is 19.2 Å². The lowest BCUT2D eigenvalue weighted by Gasteiger charge is -2.31. The second kappa shape index (κ2) is 8.35. The Hall–Kier alpha value is -1.13. The van der Waals surface area contributed by atoms with Crippen LogP contribution in [0.4, 0.5) is 10.1 Å². The minimum Gasteiger partial charge on any atom is -0.383 e. The standard InChI is InChI=1S/C17H27FN2O/c1-14-6-4-3-5-10-20(14)17-8-7-16(18)12-15(17)13-19-9-11-21-2/h7-8,12,14,19H,3-6,9-11,13H2,1-2H3. The number of rotatable bonds is 6. The van der Waals surface area contributed by atoms with Crippen molar-refractivity contribution < 1.29 is 9.13 Å². The van der Waals surface area contributed by atoms with Gasteiger partial charge in [0, 0.05) is 38.5 Å². The molecule has 1 atom stereocenters. The molecule has 0 aromatic heterocycles. The second-order valence-electron chi connectivity index (χ2n) is 5.83. The number of nitrogens with zero attached hydrogens (tertiary/aromatic N) is 1. The molecule has 0 spiro atoms. The summed E-state index contributed by atoms with van der Waals surface area (Å²) in [5, 5.41) is 3.32. The van der Waals surface area contributed by atoms with Crippen molar-refractivity contribution in [1.29, 1.82) is 0 Å². The third kappa shape index (κ3) is 4.68. The molecule has 1 fully saturated rings. The monoisotopic (exact) mass is 294 g/mol. The smallest absolute Gasteiger partial charge is 0.123 e. The number of hydrogen-bond acceptors (Lipinski definition) is 3. The highest BCUT2D eigenvalue weighted by Crippen LogP contribution is 2.28. The first-order valence-electron chi connectivity index (χ1n) is 7.97. The Bertz CT molecular complexity index is 439. The summed E-state index contributed by atoms with van der Waals surface area (Å²) in [6, 6.07) is 5.69. The van der Waals surface area contributed by atoms with Gasteiger partial charge in [-0.05, 0) is 43.5 Å². The van der Waals surface area contributed by atoms with Crippen molar-refractivity contribution in [3.63, 3.8) is 0 Å². The van der Waals surface area contributed by atoms with Gasteiger partial charge in [0.15, 0.2) is 0 Å². The van der Waals surface area contributed by atoms with Crippen molar-refractivity contribution in [1.82, 2.24) is 5.32 Å². The number of halogens is 1. The van der Waals surface area contributed by atoms with Crippen LogP contribution in [-0.4, -0.2) is 32.8 Å². The number of ether oxygens (including phenoxy) is 1. The first-order chi connectivity index (χ1) is 10.2. The van der Waals surface area contributed by atoms with E-state index < -0.39 is 0 Å². The van der Waals surface area contributed by atoms with E-state index in [4.69, 9.17) is 4.74 Å². The van der Waals surface area contributed by atoms with Gasteiger partial charge >= 0.3 is 0 Å². The van der Waals surface area contributed by atoms with E-state index in [-0.39, 0.29) is 5.82 Å². The number of hydrogen-bond donors (Lipinski definition) is 1. The lowest BCUT2D eigenvalue weighted by atomic mass is 10.1. The molecule has 1 aliphatic heterocycles. The molecule has 0 radical (unpaired) electrons.